The van der Waals surface area contributed by atoms with E-state index in [2.05, 4.69) is 380 Å². The minimum absolute atomic E-state index is 0.00247. The summed E-state index contributed by atoms with van der Waals surface area (Å²) in [6.07, 6.45) is 11.9. The molecule has 2 atom stereocenters. The third-order valence-corrected chi connectivity index (χ3v) is 32.4. The van der Waals surface area contributed by atoms with Crippen molar-refractivity contribution in [3.05, 3.63) is 364 Å². The van der Waals surface area contributed by atoms with E-state index in [1.165, 1.54) is 78.0 Å². The second-order valence-electron chi connectivity index (χ2n) is 30.0. The molecule has 0 amide bonds. The van der Waals surface area contributed by atoms with Crippen molar-refractivity contribution in [1.82, 2.24) is 0 Å². The molecule has 12 heteroatoms. The fraction of sp³-hybridized carbons (Fsp3) is 0.250. The minimum atomic E-state index is -3.87. The van der Waals surface area contributed by atoms with Crippen LogP contribution in [0.2, 0.25) is 0 Å². The van der Waals surface area contributed by atoms with E-state index in [4.69, 9.17) is 0 Å². The summed E-state index contributed by atoms with van der Waals surface area (Å²) in [5.41, 5.74) is -1.15. The van der Waals surface area contributed by atoms with E-state index >= 15 is 0 Å². The average molecular weight is 1570 g/mol. The van der Waals surface area contributed by atoms with Crippen LogP contribution in [0.5, 0.6) is 0 Å². The number of nitrogens with zero attached hydrogens (tertiary/aromatic N) is 2. The molecule has 7 nitrogen and oxygen atoms in total. The van der Waals surface area contributed by atoms with Gasteiger partial charge in [0.25, 0.3) is 10.0 Å². The first-order valence-electron chi connectivity index (χ1n) is 39.5. The largest absolute Gasteiger partial charge is 0.862 e. The van der Waals surface area contributed by atoms with E-state index < -0.39 is 21.3 Å². The van der Waals surface area contributed by atoms with E-state index in [1.807, 2.05) is 13.8 Å². The number of hydrogen-bond acceptors (Lipinski definition) is 6. The molecular weight excluding hydrogens is 1470 g/mol. The third-order valence-electron chi connectivity index (χ3n) is 22.1. The Morgan fingerprint density at radius 1 is 0.384 bits per heavy atom. The predicted octanol–water partition coefficient (Wildman–Crippen LogP) is 22.8. The fourth-order valence-corrected chi connectivity index (χ4v) is 27.1. The van der Waals surface area contributed by atoms with E-state index in [0.29, 0.717) is 12.8 Å². The van der Waals surface area contributed by atoms with Gasteiger partial charge in [0.05, 0.1) is 54.7 Å². The van der Waals surface area contributed by atoms with Crippen LogP contribution < -0.4 is 10.2 Å². The van der Waals surface area contributed by atoms with E-state index in [-0.39, 0.29) is 84.2 Å². The van der Waals surface area contributed by atoms with Crippen molar-refractivity contribution in [2.75, 3.05) is 12.3 Å². The molecule has 6 aliphatic carbocycles. The van der Waals surface area contributed by atoms with Gasteiger partial charge in [-0.3, -0.25) is 4.79 Å². The highest BCUT2D eigenvalue weighted by Gasteiger charge is 2.65. The molecule has 6 saturated carbocycles. The molecule has 6 fully saturated rings. The van der Waals surface area contributed by atoms with E-state index in [0.717, 1.165) is 62.8 Å². The van der Waals surface area contributed by atoms with Gasteiger partial charge in [-0.2, -0.15) is 4.40 Å². The quantitative estimate of drug-likeness (QED) is 0.0326. The van der Waals surface area contributed by atoms with Gasteiger partial charge in [-0.05, 0) is 256 Å². The number of rotatable bonds is 20. The topological polar surface area (TPSA) is 122 Å². The molecule has 12 aromatic carbocycles. The molecule has 0 heterocycles. The van der Waals surface area contributed by atoms with Gasteiger partial charge in [-0.25, -0.2) is 8.42 Å². The first kappa shape index (κ1) is 82.1. The van der Waals surface area contributed by atoms with Crippen LogP contribution in [0.1, 0.15) is 105 Å². The van der Waals surface area contributed by atoms with Crippen molar-refractivity contribution in [3.8, 4) is 0 Å². The lowest BCUT2D eigenvalue weighted by molar-refractivity contribution is -0.242. The van der Waals surface area contributed by atoms with Gasteiger partial charge in [-0.1, -0.05) is 253 Å². The molecule has 0 saturated heterocycles. The summed E-state index contributed by atoms with van der Waals surface area (Å²) < 4.78 is 27.3. The second kappa shape index (κ2) is 40.4. The Labute approximate surface area is 678 Å². The Hall–Kier alpha value is -9.40. The standard InChI is InChI=1S/4C18H15S.C15H25NO.C13H21NO4S/c4*1-4-10-16(11-5-1)19(17-12-6-2-7-13-17)18-14-8-3-9-15-18;1-2-3-4-16-14(17)15-8-11-5-12(9-15)7-13(6-11)10-15;1-4-11(16)14-19(17,18)8-13-6-5-9(7-10(13)15)12(13,2)3/h4*1-15H;11-13H,2-10H2,1H3,(H,16,17);9H,4-8H2,1-3H3,(H,14,16)/q4*+1;;/p-2. The number of unbranched alkanes of at least 4 members (excludes halogenated alkanes) is 1. The smallest absolute Gasteiger partial charge is 0.253 e. The van der Waals surface area contributed by atoms with Crippen LogP contribution in [-0.2, 0) is 58.4 Å². The van der Waals surface area contributed by atoms with Crippen LogP contribution in [0, 0.1) is 39.9 Å². The van der Waals surface area contributed by atoms with Gasteiger partial charge >= 0.3 is 0 Å². The number of carbonyl (C=O) groups is 1. The highest BCUT2D eigenvalue weighted by Crippen LogP contribution is 2.64. The first-order valence-corrected chi connectivity index (χ1v) is 46.0. The maximum absolute atomic E-state index is 12.4. The van der Waals surface area contributed by atoms with Gasteiger partial charge in [0.15, 0.2) is 58.7 Å². The van der Waals surface area contributed by atoms with Crippen molar-refractivity contribution in [1.29, 1.82) is 0 Å². The van der Waals surface area contributed by atoms with E-state index in [9.17, 15) is 23.4 Å². The zero-order valence-corrected chi connectivity index (χ0v) is 68.9. The molecule has 572 valence electrons. The Balaban J connectivity index is 0.000000125. The van der Waals surface area contributed by atoms with Crippen LogP contribution in [0.15, 0.2) is 432 Å². The number of aliphatic imine (C=N–C) groups is 1. The zero-order chi connectivity index (χ0) is 78.0. The maximum atomic E-state index is 12.4. The number of fused-ring (bicyclic) bond motifs is 2. The summed E-state index contributed by atoms with van der Waals surface area (Å²) in [7, 11) is -3.93. The van der Waals surface area contributed by atoms with Crippen molar-refractivity contribution in [2.45, 2.75) is 163 Å². The molecule has 6 aliphatic rings. The Bertz CT molecular complexity index is 4080. The molecule has 0 radical (unpaired) electrons. The lowest BCUT2D eigenvalue weighted by Crippen LogP contribution is -2.53. The third kappa shape index (κ3) is 21.3. The summed E-state index contributed by atoms with van der Waals surface area (Å²) >= 11 is 0. The number of hydrogen-bond donors (Lipinski definition) is 0. The van der Waals surface area contributed by atoms with Gasteiger partial charge < -0.3 is 15.2 Å². The van der Waals surface area contributed by atoms with Crippen LogP contribution in [-0.4, -0.2) is 38.3 Å². The van der Waals surface area contributed by atoms with Crippen molar-refractivity contribution >= 4 is 71.2 Å². The van der Waals surface area contributed by atoms with Crippen LogP contribution in [0.25, 0.3) is 0 Å². The zero-order valence-electron chi connectivity index (χ0n) is 64.8. The minimum Gasteiger partial charge on any atom is -0.862 e. The Morgan fingerprint density at radius 3 is 0.804 bits per heavy atom. The number of carbonyl (C=O) groups excluding carboxylic acids is 1. The summed E-state index contributed by atoms with van der Waals surface area (Å²) in [5.74, 6) is 2.16. The number of Topliss-reactive ketones (excluding diaryl/α,β-unsaturated/α-hetero) is 1. The van der Waals surface area contributed by atoms with Gasteiger partial charge in [0, 0.05) is 13.0 Å². The Kier molecular flexibility index (Phi) is 29.6. The van der Waals surface area contributed by atoms with Crippen molar-refractivity contribution in [2.24, 2.45) is 49.3 Å². The molecule has 6 bridgehead atoms. The van der Waals surface area contributed by atoms with Gasteiger partial charge in [-0.15, -0.1) is 0 Å². The average Bonchev–Trinajstić information content (AvgIpc) is 1.63. The predicted molar refractivity (Wildman–Crippen MR) is 464 cm³/mol. The lowest BCUT2D eigenvalue weighted by atomic mass is 9.49. The normalized spacial score (nSPS) is 19.7. The monoisotopic (exact) mass is 1570 g/mol. The van der Waals surface area contributed by atoms with Crippen molar-refractivity contribution in [3.63, 3.8) is 0 Å². The Morgan fingerprint density at radius 2 is 0.616 bits per heavy atom. The molecule has 18 rings (SSSR count). The highest BCUT2D eigenvalue weighted by molar-refractivity contribution is 7.98. The molecule has 0 N–H and O–H groups in total. The molecule has 0 aromatic heterocycles. The van der Waals surface area contributed by atoms with E-state index in [1.54, 1.807) is 6.92 Å². The molecule has 0 aliphatic heterocycles. The van der Waals surface area contributed by atoms with Crippen LogP contribution in [0.4, 0.5) is 0 Å². The maximum Gasteiger partial charge on any atom is 0.253 e. The number of ketones is 1. The SMILES string of the molecule is CCC([O-])=NS(=O)(=O)CC12CCC(CC1=O)C2(C)C.CCCCN=C([O-])C12CC3CC(CC(C3)C1)C2.c1ccc([S+](c2ccccc2)c2ccccc2)cc1.c1ccc([S+](c2ccccc2)c2ccccc2)cc1.c1ccc([S+](c2ccccc2)c2ccccc2)cc1.c1ccc([S+](c2ccccc2)c2ccccc2)cc1. The summed E-state index contributed by atoms with van der Waals surface area (Å²) in [4.78, 5) is 32.9. The molecular formula is C100H104N2O5S5+2. The van der Waals surface area contributed by atoms with Gasteiger partial charge in [0.1, 0.15) is 5.78 Å². The van der Waals surface area contributed by atoms with Crippen LogP contribution in [0.3, 0.4) is 0 Å². The molecule has 0 spiro atoms. The lowest BCUT2D eigenvalue weighted by Gasteiger charge is -2.58. The van der Waals surface area contributed by atoms with Crippen LogP contribution >= 0.6 is 0 Å². The summed E-state index contributed by atoms with van der Waals surface area (Å²) in [5, 5.41) is 23.6. The molecule has 2 unspecified atom stereocenters. The molecule has 112 heavy (non-hydrogen) atoms. The highest BCUT2D eigenvalue weighted by atomic mass is 32.2. The first-order chi connectivity index (χ1) is 54.7. The number of benzene rings is 12. The summed E-state index contributed by atoms with van der Waals surface area (Å²) in [6, 6.07) is 129. The van der Waals surface area contributed by atoms with Crippen molar-refractivity contribution < 1.29 is 23.4 Å². The fourth-order valence-electron chi connectivity index (χ4n) is 16.9. The second-order valence-corrected chi connectivity index (χ2v) is 39.7. The van der Waals surface area contributed by atoms with Gasteiger partial charge in [0.2, 0.25) is 0 Å². The summed E-state index contributed by atoms with van der Waals surface area (Å²) in [6.45, 7) is 8.41. The number of sulfonamides is 1. The molecule has 12 aromatic rings.